The van der Waals surface area contributed by atoms with E-state index in [1.807, 2.05) is 0 Å². The summed E-state index contributed by atoms with van der Waals surface area (Å²) in [5.74, 6) is -0.739. The molecule has 26 heavy (non-hydrogen) atoms. The van der Waals surface area contributed by atoms with E-state index in [2.05, 4.69) is 5.10 Å². The van der Waals surface area contributed by atoms with Gasteiger partial charge in [-0.2, -0.15) is 5.10 Å². The zero-order valence-electron chi connectivity index (χ0n) is 13.5. The summed E-state index contributed by atoms with van der Waals surface area (Å²) in [5.41, 5.74) is 1.44. The molecule has 0 saturated carbocycles. The number of hydrogen-bond donors (Lipinski definition) is 0. The minimum atomic E-state index is -0.909. The second-order valence-corrected chi connectivity index (χ2v) is 6.60. The van der Waals surface area contributed by atoms with Gasteiger partial charge in [-0.15, -0.1) is 0 Å². The van der Waals surface area contributed by atoms with Crippen LogP contribution < -0.4 is 0 Å². The van der Waals surface area contributed by atoms with Crippen molar-refractivity contribution < 1.29 is 13.9 Å². The minimum absolute atomic E-state index is 0.102. The number of rotatable bonds is 4. The largest absolute Gasteiger partial charge is 0.464 e. The number of halogens is 4. The molecule has 4 nitrogen and oxygen atoms in total. The molecule has 1 heterocycles. The number of nitrogens with zero attached hydrogens (tertiary/aromatic N) is 2. The molecule has 0 radical (unpaired) electrons. The molecule has 0 N–H and O–H groups in total. The van der Waals surface area contributed by atoms with Gasteiger partial charge in [0, 0.05) is 21.2 Å². The highest BCUT2D eigenvalue weighted by Gasteiger charge is 2.26. The van der Waals surface area contributed by atoms with Gasteiger partial charge in [-0.05, 0) is 30.3 Å². The Morgan fingerprint density at radius 3 is 2.35 bits per heavy atom. The third kappa shape index (κ3) is 3.43. The summed E-state index contributed by atoms with van der Waals surface area (Å²) in [6, 6.07) is 11.6. The summed E-state index contributed by atoms with van der Waals surface area (Å²) in [7, 11) is 1.21. The van der Waals surface area contributed by atoms with Crippen LogP contribution in [0.2, 0.25) is 15.1 Å². The van der Waals surface area contributed by atoms with Crippen molar-refractivity contribution in [2.24, 2.45) is 0 Å². The third-order valence-corrected chi connectivity index (χ3v) is 4.54. The maximum absolute atomic E-state index is 13.9. The van der Waals surface area contributed by atoms with E-state index in [0.29, 0.717) is 32.0 Å². The molecule has 3 aromatic rings. The number of methoxy groups -OCH3 is 1. The quantitative estimate of drug-likeness (QED) is 0.511. The number of benzene rings is 2. The molecule has 0 amide bonds. The molecule has 0 atom stereocenters. The lowest BCUT2D eigenvalue weighted by Crippen LogP contribution is -2.06. The van der Waals surface area contributed by atoms with Gasteiger partial charge in [-0.3, -0.25) is 0 Å². The first-order valence-corrected chi connectivity index (χ1v) is 8.57. The first kappa shape index (κ1) is 18.7. The second kappa shape index (κ2) is 7.66. The van der Waals surface area contributed by atoms with Crippen LogP contribution in [0.3, 0.4) is 0 Å². The van der Waals surface area contributed by atoms with Gasteiger partial charge in [0.05, 0.1) is 23.5 Å². The van der Waals surface area contributed by atoms with Crippen molar-refractivity contribution in [3.63, 3.8) is 0 Å². The van der Waals surface area contributed by atoms with Crippen molar-refractivity contribution in [1.82, 2.24) is 9.78 Å². The summed E-state index contributed by atoms with van der Waals surface area (Å²) < 4.78 is 20.0. The van der Waals surface area contributed by atoms with Crippen molar-refractivity contribution in [2.75, 3.05) is 7.11 Å². The van der Waals surface area contributed by atoms with Crippen molar-refractivity contribution in [1.29, 1.82) is 0 Å². The fraction of sp³-hybridized carbons (Fsp3) is 0.111. The lowest BCUT2D eigenvalue weighted by Gasteiger charge is -2.11. The summed E-state index contributed by atoms with van der Waals surface area (Å²) in [6.07, 6.45) is 0. The first-order valence-electron chi connectivity index (χ1n) is 7.43. The van der Waals surface area contributed by atoms with Crippen LogP contribution in [0.1, 0.15) is 16.1 Å². The van der Waals surface area contributed by atoms with Crippen LogP contribution in [-0.2, 0) is 11.4 Å². The Kier molecular flexibility index (Phi) is 5.51. The van der Waals surface area contributed by atoms with Gasteiger partial charge in [0.2, 0.25) is 0 Å². The van der Waals surface area contributed by atoms with Crippen LogP contribution in [0.25, 0.3) is 16.9 Å². The molecule has 0 aliphatic heterocycles. The third-order valence-electron chi connectivity index (χ3n) is 3.75. The fourth-order valence-corrected chi connectivity index (χ4v) is 3.18. The molecule has 0 aliphatic rings. The number of carbonyl (C=O) groups is 1. The fourth-order valence-electron chi connectivity index (χ4n) is 2.57. The summed E-state index contributed by atoms with van der Waals surface area (Å²) in [5, 5.41) is 5.53. The summed E-state index contributed by atoms with van der Waals surface area (Å²) >= 11 is 18.2. The van der Waals surface area contributed by atoms with E-state index < -0.39 is 12.6 Å². The molecule has 134 valence electrons. The Balaban J connectivity index is 2.33. The number of ether oxygens (including phenoxy) is 1. The van der Waals surface area contributed by atoms with Crippen molar-refractivity contribution in [3.05, 3.63) is 68.8 Å². The van der Waals surface area contributed by atoms with Crippen molar-refractivity contribution in [2.45, 2.75) is 6.67 Å². The Hall–Kier alpha value is -2.08. The highest BCUT2D eigenvalue weighted by atomic mass is 35.5. The smallest absolute Gasteiger partial charge is 0.358 e. The van der Waals surface area contributed by atoms with Crippen molar-refractivity contribution in [3.8, 4) is 16.9 Å². The molecule has 0 spiro atoms. The SMILES string of the molecule is COC(=O)c1nn(-c2ccc(Cl)cc2Cl)c(-c2ccc(Cl)cc2)c1CF. The van der Waals surface area contributed by atoms with E-state index in [4.69, 9.17) is 39.5 Å². The van der Waals surface area contributed by atoms with Crippen LogP contribution in [-0.4, -0.2) is 22.9 Å². The minimum Gasteiger partial charge on any atom is -0.464 e. The van der Waals surface area contributed by atoms with Gasteiger partial charge in [0.25, 0.3) is 0 Å². The molecule has 0 fully saturated rings. The number of aromatic nitrogens is 2. The zero-order chi connectivity index (χ0) is 18.8. The van der Waals surface area contributed by atoms with Gasteiger partial charge in [-0.1, -0.05) is 46.9 Å². The molecular formula is C18H12Cl3FN2O2. The maximum Gasteiger partial charge on any atom is 0.358 e. The first-order chi connectivity index (χ1) is 12.5. The maximum atomic E-state index is 13.9. The van der Waals surface area contributed by atoms with E-state index in [9.17, 15) is 9.18 Å². The molecular weight excluding hydrogens is 402 g/mol. The topological polar surface area (TPSA) is 44.1 Å². The molecule has 8 heteroatoms. The van der Waals surface area contributed by atoms with Crippen molar-refractivity contribution >= 4 is 40.8 Å². The molecule has 0 saturated heterocycles. The highest BCUT2D eigenvalue weighted by Crippen LogP contribution is 2.34. The van der Waals surface area contributed by atoms with E-state index >= 15 is 0 Å². The number of hydrogen-bond acceptors (Lipinski definition) is 3. The Labute approximate surface area is 164 Å². The van der Waals surface area contributed by atoms with E-state index in [1.165, 1.54) is 11.8 Å². The van der Waals surface area contributed by atoms with Crippen LogP contribution in [0.5, 0.6) is 0 Å². The Bertz CT molecular complexity index is 971. The Morgan fingerprint density at radius 2 is 1.77 bits per heavy atom. The lowest BCUT2D eigenvalue weighted by atomic mass is 10.1. The van der Waals surface area contributed by atoms with Gasteiger partial charge in [-0.25, -0.2) is 13.9 Å². The van der Waals surface area contributed by atoms with E-state index in [-0.39, 0.29) is 11.3 Å². The highest BCUT2D eigenvalue weighted by molar-refractivity contribution is 6.35. The number of alkyl halides is 1. The van der Waals surface area contributed by atoms with Crippen LogP contribution in [0.4, 0.5) is 4.39 Å². The van der Waals surface area contributed by atoms with E-state index in [0.717, 1.165) is 0 Å². The molecule has 0 bridgehead atoms. The van der Waals surface area contributed by atoms with Gasteiger partial charge in [0.15, 0.2) is 5.69 Å². The van der Waals surface area contributed by atoms with Crippen LogP contribution in [0, 0.1) is 0 Å². The summed E-state index contributed by atoms with van der Waals surface area (Å²) in [6.45, 7) is -0.909. The standard InChI is InChI=1S/C18H12Cl3FN2O2/c1-26-18(25)16-13(9-22)17(10-2-4-11(19)5-3-10)24(23-16)15-7-6-12(20)8-14(15)21/h2-8H,9H2,1H3. The predicted molar refractivity (Wildman–Crippen MR) is 100 cm³/mol. The lowest BCUT2D eigenvalue weighted by molar-refractivity contribution is 0.0591. The average Bonchev–Trinajstić information content (AvgIpc) is 3.01. The van der Waals surface area contributed by atoms with Gasteiger partial charge >= 0.3 is 5.97 Å². The number of esters is 1. The molecule has 2 aromatic carbocycles. The van der Waals surface area contributed by atoms with Gasteiger partial charge in [0.1, 0.15) is 6.67 Å². The zero-order valence-corrected chi connectivity index (χ0v) is 15.7. The molecule has 1 aromatic heterocycles. The average molecular weight is 414 g/mol. The number of carbonyl (C=O) groups excluding carboxylic acids is 1. The molecule has 0 aliphatic carbocycles. The van der Waals surface area contributed by atoms with Crippen LogP contribution in [0.15, 0.2) is 42.5 Å². The van der Waals surface area contributed by atoms with Gasteiger partial charge < -0.3 is 4.74 Å². The predicted octanol–water partition coefficient (Wildman–Crippen LogP) is 5.76. The summed E-state index contributed by atoms with van der Waals surface area (Å²) in [4.78, 5) is 12.1. The normalized spacial score (nSPS) is 10.8. The second-order valence-electron chi connectivity index (χ2n) is 5.32. The van der Waals surface area contributed by atoms with E-state index in [1.54, 1.807) is 42.5 Å². The molecule has 0 unspecified atom stereocenters. The Morgan fingerprint density at radius 1 is 1.12 bits per heavy atom. The molecule has 3 rings (SSSR count). The monoisotopic (exact) mass is 412 g/mol. The van der Waals surface area contributed by atoms with Crippen LogP contribution >= 0.6 is 34.8 Å².